The summed E-state index contributed by atoms with van der Waals surface area (Å²) in [4.78, 5) is 29.2. The lowest BCUT2D eigenvalue weighted by Gasteiger charge is -2.05. The Hall–Kier alpha value is -2.73. The van der Waals surface area contributed by atoms with Crippen LogP contribution in [0.5, 0.6) is 0 Å². The zero-order valence-corrected chi connectivity index (χ0v) is 11.3. The molecule has 0 bridgehead atoms. The number of fused-ring (bicyclic) bond motifs is 1. The number of nitro benzene ring substituents is 1. The first-order valence-corrected chi connectivity index (χ1v) is 6.35. The van der Waals surface area contributed by atoms with Crippen LogP contribution >= 0.6 is 11.6 Å². The van der Waals surface area contributed by atoms with Crippen LogP contribution in [0.2, 0.25) is 5.02 Å². The molecule has 6 nitrogen and oxygen atoms in total. The summed E-state index contributed by atoms with van der Waals surface area (Å²) in [5.41, 5.74) is 0.735. The molecular formula is C14H8ClN3O3. The molecule has 21 heavy (non-hydrogen) atoms. The maximum Gasteiger partial charge on any atom is 0.270 e. The number of nitrogens with zero attached hydrogens (tertiary/aromatic N) is 2. The van der Waals surface area contributed by atoms with E-state index >= 15 is 0 Å². The molecule has 0 saturated carbocycles. The van der Waals surface area contributed by atoms with Crippen molar-refractivity contribution in [3.8, 4) is 11.1 Å². The molecule has 0 amide bonds. The Morgan fingerprint density at radius 2 is 2.00 bits per heavy atom. The molecule has 0 aliphatic carbocycles. The quantitative estimate of drug-likeness (QED) is 0.581. The number of hydrogen-bond donors (Lipinski definition) is 1. The van der Waals surface area contributed by atoms with Crippen LogP contribution in [0.25, 0.3) is 22.0 Å². The number of aromatic nitrogens is 2. The van der Waals surface area contributed by atoms with Gasteiger partial charge >= 0.3 is 0 Å². The normalized spacial score (nSPS) is 10.7. The predicted octanol–water partition coefficient (Wildman–Crippen LogP) is 3.15. The highest BCUT2D eigenvalue weighted by Gasteiger charge is 2.14. The molecule has 0 spiro atoms. The third-order valence-corrected chi connectivity index (χ3v) is 3.43. The minimum absolute atomic E-state index is 0.125. The molecule has 0 atom stereocenters. The molecule has 104 valence electrons. The summed E-state index contributed by atoms with van der Waals surface area (Å²) in [6.45, 7) is 0. The molecule has 2 heterocycles. The summed E-state index contributed by atoms with van der Waals surface area (Å²) in [6.07, 6.45) is 3.16. The maximum absolute atomic E-state index is 12.2. The Morgan fingerprint density at radius 1 is 1.19 bits per heavy atom. The number of non-ortho nitro benzene ring substituents is 1. The minimum atomic E-state index is -0.531. The molecule has 0 saturated heterocycles. The molecule has 7 heteroatoms. The van der Waals surface area contributed by atoms with Crippen LogP contribution in [0.15, 0.2) is 47.5 Å². The zero-order chi connectivity index (χ0) is 15.0. The lowest BCUT2D eigenvalue weighted by molar-refractivity contribution is -0.384. The second-order valence-electron chi connectivity index (χ2n) is 4.40. The summed E-state index contributed by atoms with van der Waals surface area (Å²) in [5.74, 6) is 0. The van der Waals surface area contributed by atoms with Crippen molar-refractivity contribution in [3.05, 3.63) is 68.2 Å². The van der Waals surface area contributed by atoms with Gasteiger partial charge in [0.2, 0.25) is 0 Å². The summed E-state index contributed by atoms with van der Waals surface area (Å²) < 4.78 is 0. The van der Waals surface area contributed by atoms with Gasteiger partial charge < -0.3 is 4.98 Å². The number of aromatic amines is 1. The van der Waals surface area contributed by atoms with E-state index in [0.717, 1.165) is 5.39 Å². The number of nitro groups is 1. The minimum Gasteiger partial charge on any atom is -0.321 e. The number of hydrogen-bond acceptors (Lipinski definition) is 4. The lowest BCUT2D eigenvalue weighted by atomic mass is 10.1. The molecule has 0 unspecified atom stereocenters. The highest BCUT2D eigenvalue weighted by molar-refractivity contribution is 6.33. The number of benzene rings is 1. The molecule has 0 radical (unpaired) electrons. The Balaban J connectivity index is 2.29. The van der Waals surface area contributed by atoms with Crippen LogP contribution in [0.4, 0.5) is 5.69 Å². The molecule has 2 aromatic heterocycles. The molecule has 0 aliphatic rings. The van der Waals surface area contributed by atoms with Gasteiger partial charge in [-0.05, 0) is 18.2 Å². The van der Waals surface area contributed by atoms with Gasteiger partial charge in [0.25, 0.3) is 11.2 Å². The van der Waals surface area contributed by atoms with Gasteiger partial charge in [-0.3, -0.25) is 19.9 Å². The number of rotatable bonds is 2. The third-order valence-electron chi connectivity index (χ3n) is 3.10. The van der Waals surface area contributed by atoms with Crippen molar-refractivity contribution in [2.24, 2.45) is 0 Å². The van der Waals surface area contributed by atoms with Crippen molar-refractivity contribution in [2.45, 2.75) is 0 Å². The van der Waals surface area contributed by atoms with Crippen LogP contribution in [-0.2, 0) is 0 Å². The first-order valence-electron chi connectivity index (χ1n) is 5.97. The van der Waals surface area contributed by atoms with Crippen molar-refractivity contribution in [3.63, 3.8) is 0 Å². The van der Waals surface area contributed by atoms with E-state index in [1.54, 1.807) is 24.5 Å². The molecule has 0 fully saturated rings. The number of nitrogens with one attached hydrogen (secondary N) is 1. The van der Waals surface area contributed by atoms with Gasteiger partial charge in [-0.2, -0.15) is 0 Å². The lowest BCUT2D eigenvalue weighted by Crippen LogP contribution is -2.09. The number of pyridine rings is 2. The van der Waals surface area contributed by atoms with Gasteiger partial charge in [-0.25, -0.2) is 0 Å². The summed E-state index contributed by atoms with van der Waals surface area (Å²) in [6, 6.07) is 7.28. The fourth-order valence-electron chi connectivity index (χ4n) is 2.08. The number of halogens is 1. The average Bonchev–Trinajstić information content (AvgIpc) is 2.47. The standard InChI is InChI=1S/C14H8ClN3O3/c15-12-2-1-9(18(20)21)6-10(12)11-5-8-7-16-4-3-13(8)17-14(11)19/h1-7H,(H,17,19). The number of H-pyrrole nitrogens is 1. The van der Waals surface area contributed by atoms with Crippen molar-refractivity contribution < 1.29 is 4.92 Å². The van der Waals surface area contributed by atoms with Crippen LogP contribution < -0.4 is 5.56 Å². The van der Waals surface area contributed by atoms with Gasteiger partial charge in [-0.1, -0.05) is 11.6 Å². The maximum atomic E-state index is 12.2. The van der Waals surface area contributed by atoms with Crippen LogP contribution in [0.3, 0.4) is 0 Å². The monoisotopic (exact) mass is 301 g/mol. The molecule has 3 rings (SSSR count). The second kappa shape index (κ2) is 4.99. The van der Waals surface area contributed by atoms with E-state index in [9.17, 15) is 14.9 Å². The van der Waals surface area contributed by atoms with Gasteiger partial charge in [-0.15, -0.1) is 0 Å². The van der Waals surface area contributed by atoms with E-state index in [2.05, 4.69) is 9.97 Å². The third kappa shape index (κ3) is 2.36. The van der Waals surface area contributed by atoms with E-state index in [1.165, 1.54) is 18.2 Å². The van der Waals surface area contributed by atoms with E-state index in [0.29, 0.717) is 11.1 Å². The van der Waals surface area contributed by atoms with Gasteiger partial charge in [0.1, 0.15) is 0 Å². The van der Waals surface area contributed by atoms with Gasteiger partial charge in [0, 0.05) is 46.1 Å². The molecule has 1 N–H and O–H groups in total. The van der Waals surface area contributed by atoms with E-state index in [-0.39, 0.29) is 21.8 Å². The fourth-order valence-corrected chi connectivity index (χ4v) is 2.30. The summed E-state index contributed by atoms with van der Waals surface area (Å²) in [5, 5.41) is 11.8. The molecule has 3 aromatic rings. The van der Waals surface area contributed by atoms with E-state index in [4.69, 9.17) is 11.6 Å². The molecule has 0 aliphatic heterocycles. The Labute approximate surface area is 123 Å². The summed E-state index contributed by atoms with van der Waals surface area (Å²) in [7, 11) is 0. The second-order valence-corrected chi connectivity index (χ2v) is 4.80. The zero-order valence-electron chi connectivity index (χ0n) is 10.5. The predicted molar refractivity (Wildman–Crippen MR) is 79.5 cm³/mol. The topological polar surface area (TPSA) is 88.9 Å². The van der Waals surface area contributed by atoms with Crippen LogP contribution in [0, 0.1) is 10.1 Å². The first kappa shape index (κ1) is 13.3. The Kier molecular flexibility index (Phi) is 3.15. The molecular weight excluding hydrogens is 294 g/mol. The Bertz CT molecular complexity index is 921. The van der Waals surface area contributed by atoms with Crippen LogP contribution in [-0.4, -0.2) is 14.9 Å². The van der Waals surface area contributed by atoms with Crippen LogP contribution in [0.1, 0.15) is 0 Å². The van der Waals surface area contributed by atoms with Gasteiger partial charge in [0.15, 0.2) is 0 Å². The average molecular weight is 302 g/mol. The van der Waals surface area contributed by atoms with Crippen molar-refractivity contribution in [1.29, 1.82) is 0 Å². The van der Waals surface area contributed by atoms with Crippen molar-refractivity contribution in [1.82, 2.24) is 9.97 Å². The van der Waals surface area contributed by atoms with Crippen molar-refractivity contribution >= 4 is 28.2 Å². The first-order chi connectivity index (χ1) is 10.1. The smallest absolute Gasteiger partial charge is 0.270 e. The highest BCUT2D eigenvalue weighted by atomic mass is 35.5. The van der Waals surface area contributed by atoms with E-state index in [1.807, 2.05) is 0 Å². The summed E-state index contributed by atoms with van der Waals surface area (Å²) >= 11 is 6.07. The largest absolute Gasteiger partial charge is 0.321 e. The fraction of sp³-hybridized carbons (Fsp3) is 0. The Morgan fingerprint density at radius 3 is 2.76 bits per heavy atom. The highest BCUT2D eigenvalue weighted by Crippen LogP contribution is 2.30. The van der Waals surface area contributed by atoms with Gasteiger partial charge in [0.05, 0.1) is 10.4 Å². The van der Waals surface area contributed by atoms with E-state index < -0.39 is 4.92 Å². The van der Waals surface area contributed by atoms with Crippen molar-refractivity contribution in [2.75, 3.05) is 0 Å². The SMILES string of the molecule is O=c1[nH]c2ccncc2cc1-c1cc([N+](=O)[O-])ccc1Cl. The molecule has 1 aromatic carbocycles.